The highest BCUT2D eigenvalue weighted by Crippen LogP contribution is 2.28. The van der Waals surface area contributed by atoms with E-state index < -0.39 is 5.97 Å². The summed E-state index contributed by atoms with van der Waals surface area (Å²) in [7, 11) is 1.34. The van der Waals surface area contributed by atoms with Crippen molar-refractivity contribution in [2.45, 2.75) is 26.2 Å². The summed E-state index contributed by atoms with van der Waals surface area (Å²) in [5.74, 6) is -0.422. The normalized spacial score (nSPS) is 13.0. The zero-order chi connectivity index (χ0) is 17.5. The van der Waals surface area contributed by atoms with Crippen LogP contribution in [0.4, 0.5) is 5.69 Å². The zero-order valence-corrected chi connectivity index (χ0v) is 14.3. The standard InChI is InChI=1S/C20H23NO3/c1-4-14(2)18(15-8-6-5-7-9-15)19(22)21-17-12-10-16(11-13-17)20(23)24-3/h5-14,18H,4H2,1-3H3,(H,21,22). The van der Waals surface area contributed by atoms with Crippen molar-refractivity contribution in [2.75, 3.05) is 12.4 Å². The maximum absolute atomic E-state index is 12.8. The average Bonchev–Trinajstić information content (AvgIpc) is 2.62. The first-order valence-corrected chi connectivity index (χ1v) is 8.11. The molecule has 0 heterocycles. The van der Waals surface area contributed by atoms with Crippen molar-refractivity contribution < 1.29 is 14.3 Å². The predicted octanol–water partition coefficient (Wildman–Crippen LogP) is 4.24. The summed E-state index contributed by atoms with van der Waals surface area (Å²) in [6, 6.07) is 16.5. The van der Waals surface area contributed by atoms with E-state index in [1.165, 1.54) is 7.11 Å². The molecule has 4 heteroatoms. The number of carbonyl (C=O) groups excluding carboxylic acids is 2. The maximum Gasteiger partial charge on any atom is 0.337 e. The van der Waals surface area contributed by atoms with Gasteiger partial charge in [0.1, 0.15) is 0 Å². The lowest BCUT2D eigenvalue weighted by molar-refractivity contribution is -0.118. The number of benzene rings is 2. The second-order valence-electron chi connectivity index (χ2n) is 5.83. The fourth-order valence-electron chi connectivity index (χ4n) is 2.66. The van der Waals surface area contributed by atoms with Gasteiger partial charge in [0.05, 0.1) is 18.6 Å². The second-order valence-corrected chi connectivity index (χ2v) is 5.83. The minimum Gasteiger partial charge on any atom is -0.465 e. The summed E-state index contributed by atoms with van der Waals surface area (Å²) in [6.45, 7) is 4.16. The molecule has 4 nitrogen and oxygen atoms in total. The van der Waals surface area contributed by atoms with Crippen LogP contribution in [0.1, 0.15) is 42.1 Å². The highest BCUT2D eigenvalue weighted by molar-refractivity contribution is 5.96. The van der Waals surface area contributed by atoms with Crippen LogP contribution in [0.2, 0.25) is 0 Å². The predicted molar refractivity (Wildman–Crippen MR) is 95.0 cm³/mol. The molecule has 0 fully saturated rings. The van der Waals surface area contributed by atoms with Gasteiger partial charge in [-0.1, -0.05) is 50.6 Å². The van der Waals surface area contributed by atoms with Crippen molar-refractivity contribution in [1.29, 1.82) is 0 Å². The first kappa shape index (κ1) is 17.7. The van der Waals surface area contributed by atoms with E-state index >= 15 is 0 Å². The fourth-order valence-corrected chi connectivity index (χ4v) is 2.66. The molecule has 2 unspecified atom stereocenters. The van der Waals surface area contributed by atoms with Gasteiger partial charge in [-0.15, -0.1) is 0 Å². The number of hydrogen-bond donors (Lipinski definition) is 1. The van der Waals surface area contributed by atoms with Gasteiger partial charge >= 0.3 is 5.97 Å². The van der Waals surface area contributed by atoms with E-state index in [1.54, 1.807) is 24.3 Å². The topological polar surface area (TPSA) is 55.4 Å². The molecule has 1 N–H and O–H groups in total. The lowest BCUT2D eigenvalue weighted by Crippen LogP contribution is -2.26. The summed E-state index contributed by atoms with van der Waals surface area (Å²) < 4.78 is 4.67. The van der Waals surface area contributed by atoms with Crippen molar-refractivity contribution in [3.8, 4) is 0 Å². The molecule has 0 aliphatic carbocycles. The molecule has 2 aromatic rings. The van der Waals surface area contributed by atoms with Crippen molar-refractivity contribution in [1.82, 2.24) is 0 Å². The number of ether oxygens (including phenoxy) is 1. The van der Waals surface area contributed by atoms with Crippen LogP contribution in [0, 0.1) is 5.92 Å². The molecule has 0 aliphatic heterocycles. The molecule has 0 saturated heterocycles. The van der Waals surface area contributed by atoms with Crippen LogP contribution in [-0.4, -0.2) is 19.0 Å². The Hall–Kier alpha value is -2.62. The molecular formula is C20H23NO3. The summed E-state index contributed by atoms with van der Waals surface area (Å²) in [6.07, 6.45) is 0.911. The zero-order valence-electron chi connectivity index (χ0n) is 14.3. The van der Waals surface area contributed by atoms with Crippen molar-refractivity contribution in [3.63, 3.8) is 0 Å². The lowest BCUT2D eigenvalue weighted by Gasteiger charge is -2.22. The molecule has 0 aliphatic rings. The van der Waals surface area contributed by atoms with Crippen molar-refractivity contribution in [3.05, 3.63) is 65.7 Å². The van der Waals surface area contributed by atoms with Crippen molar-refractivity contribution in [2.24, 2.45) is 5.92 Å². The molecule has 126 valence electrons. The molecule has 1 amide bonds. The van der Waals surface area contributed by atoms with Gasteiger partial charge in [-0.25, -0.2) is 4.79 Å². The van der Waals surface area contributed by atoms with Crippen LogP contribution >= 0.6 is 0 Å². The van der Waals surface area contributed by atoms with Crippen LogP contribution < -0.4 is 5.32 Å². The SMILES string of the molecule is CCC(C)C(C(=O)Nc1ccc(C(=O)OC)cc1)c1ccccc1. The van der Waals surface area contributed by atoms with E-state index in [2.05, 4.69) is 23.9 Å². The number of methoxy groups -OCH3 is 1. The van der Waals surface area contributed by atoms with E-state index in [-0.39, 0.29) is 17.7 Å². The van der Waals surface area contributed by atoms with E-state index in [9.17, 15) is 9.59 Å². The lowest BCUT2D eigenvalue weighted by atomic mass is 9.85. The second kappa shape index (κ2) is 8.29. The number of hydrogen-bond acceptors (Lipinski definition) is 3. The van der Waals surface area contributed by atoms with Gasteiger partial charge in [-0.3, -0.25) is 4.79 Å². The minimum atomic E-state index is -0.394. The van der Waals surface area contributed by atoms with Gasteiger partial charge in [0.15, 0.2) is 0 Å². The molecule has 2 aromatic carbocycles. The van der Waals surface area contributed by atoms with Crippen LogP contribution in [0.25, 0.3) is 0 Å². The third kappa shape index (κ3) is 4.22. The van der Waals surface area contributed by atoms with Gasteiger partial charge in [0, 0.05) is 5.69 Å². The van der Waals surface area contributed by atoms with Gasteiger partial charge in [0.2, 0.25) is 5.91 Å². The highest BCUT2D eigenvalue weighted by atomic mass is 16.5. The Morgan fingerprint density at radius 2 is 1.67 bits per heavy atom. The number of esters is 1. The molecule has 2 rings (SSSR count). The quantitative estimate of drug-likeness (QED) is 0.808. The third-order valence-electron chi connectivity index (χ3n) is 4.23. The van der Waals surface area contributed by atoms with Crippen molar-refractivity contribution >= 4 is 17.6 Å². The summed E-state index contributed by atoms with van der Waals surface area (Å²) in [5.41, 5.74) is 2.13. The number of nitrogens with one attached hydrogen (secondary N) is 1. The van der Waals surface area contributed by atoms with Crippen LogP contribution in [0.5, 0.6) is 0 Å². The van der Waals surface area contributed by atoms with Crippen LogP contribution in [0.15, 0.2) is 54.6 Å². The molecule has 0 aromatic heterocycles. The third-order valence-corrected chi connectivity index (χ3v) is 4.23. The van der Waals surface area contributed by atoms with Gasteiger partial charge in [-0.2, -0.15) is 0 Å². The van der Waals surface area contributed by atoms with E-state index in [1.807, 2.05) is 30.3 Å². The largest absolute Gasteiger partial charge is 0.465 e. The highest BCUT2D eigenvalue weighted by Gasteiger charge is 2.25. The van der Waals surface area contributed by atoms with Gasteiger partial charge in [0.25, 0.3) is 0 Å². The average molecular weight is 325 g/mol. The van der Waals surface area contributed by atoms with Crippen LogP contribution in [-0.2, 0) is 9.53 Å². The Labute approximate surface area is 142 Å². The number of anilines is 1. The maximum atomic E-state index is 12.8. The Morgan fingerprint density at radius 1 is 1.04 bits per heavy atom. The Bertz CT molecular complexity index is 680. The van der Waals surface area contributed by atoms with E-state index in [4.69, 9.17) is 0 Å². The molecule has 2 atom stereocenters. The molecule has 0 bridgehead atoms. The van der Waals surface area contributed by atoms with E-state index in [0.29, 0.717) is 11.3 Å². The summed E-state index contributed by atoms with van der Waals surface area (Å²) in [4.78, 5) is 24.2. The molecule has 0 saturated carbocycles. The molecular weight excluding hydrogens is 302 g/mol. The first-order chi connectivity index (χ1) is 11.6. The van der Waals surface area contributed by atoms with E-state index in [0.717, 1.165) is 12.0 Å². The van der Waals surface area contributed by atoms with Gasteiger partial charge < -0.3 is 10.1 Å². The molecule has 0 radical (unpaired) electrons. The first-order valence-electron chi connectivity index (χ1n) is 8.11. The number of carbonyl (C=O) groups is 2. The summed E-state index contributed by atoms with van der Waals surface area (Å²) in [5, 5.41) is 2.95. The number of rotatable bonds is 6. The smallest absolute Gasteiger partial charge is 0.337 e. The Kier molecular flexibility index (Phi) is 6.13. The fraction of sp³-hybridized carbons (Fsp3) is 0.300. The monoisotopic (exact) mass is 325 g/mol. The minimum absolute atomic E-state index is 0.0404. The van der Waals surface area contributed by atoms with Crippen LogP contribution in [0.3, 0.4) is 0 Å². The number of amides is 1. The molecule has 0 spiro atoms. The summed E-state index contributed by atoms with van der Waals surface area (Å²) >= 11 is 0. The van der Waals surface area contributed by atoms with Gasteiger partial charge in [-0.05, 0) is 35.7 Å². The Morgan fingerprint density at radius 3 is 2.21 bits per heavy atom. The Balaban J connectivity index is 2.17. The molecule has 24 heavy (non-hydrogen) atoms.